The fourth-order valence-electron chi connectivity index (χ4n) is 3.38. The molecule has 0 saturated heterocycles. The van der Waals surface area contributed by atoms with E-state index in [4.69, 9.17) is 10.5 Å². The summed E-state index contributed by atoms with van der Waals surface area (Å²) < 4.78 is 5.43. The van der Waals surface area contributed by atoms with Crippen LogP contribution in [0.4, 0.5) is 0 Å². The number of aryl methyl sites for hydroxylation is 1. The zero-order chi connectivity index (χ0) is 14.7. The molecule has 2 aromatic carbocycles. The molecule has 0 radical (unpaired) electrons. The van der Waals surface area contributed by atoms with Gasteiger partial charge >= 0.3 is 0 Å². The number of hydrogen-bond acceptors (Lipinski definition) is 2. The Morgan fingerprint density at radius 3 is 2.62 bits per heavy atom. The summed E-state index contributed by atoms with van der Waals surface area (Å²) in [6.45, 7) is 0. The van der Waals surface area contributed by atoms with E-state index in [-0.39, 0.29) is 6.04 Å². The predicted octanol–water partition coefficient (Wildman–Crippen LogP) is 3.37. The van der Waals surface area contributed by atoms with Crippen LogP contribution < -0.4 is 10.5 Å². The zero-order valence-corrected chi connectivity index (χ0v) is 12.6. The lowest BCUT2D eigenvalue weighted by molar-refractivity contribution is 0.363. The van der Waals surface area contributed by atoms with Crippen LogP contribution in [0.15, 0.2) is 48.5 Å². The summed E-state index contributed by atoms with van der Waals surface area (Å²) in [6, 6.07) is 17.1. The second-order valence-electron chi connectivity index (χ2n) is 5.95. The van der Waals surface area contributed by atoms with E-state index in [0.717, 1.165) is 25.0 Å². The van der Waals surface area contributed by atoms with Gasteiger partial charge in [0.05, 0.1) is 7.11 Å². The third kappa shape index (κ3) is 3.11. The first-order chi connectivity index (χ1) is 10.3. The topological polar surface area (TPSA) is 35.2 Å². The molecule has 0 fully saturated rings. The molecule has 0 saturated carbocycles. The normalized spacial score (nSPS) is 18.9. The van der Waals surface area contributed by atoms with Gasteiger partial charge in [0.15, 0.2) is 0 Å². The average Bonchev–Trinajstić information content (AvgIpc) is 2.55. The number of nitrogens with two attached hydrogens (primary N) is 1. The van der Waals surface area contributed by atoms with Crippen LogP contribution >= 0.6 is 0 Å². The summed E-state index contributed by atoms with van der Waals surface area (Å²) in [7, 11) is 1.72. The third-order valence-electron chi connectivity index (χ3n) is 4.64. The van der Waals surface area contributed by atoms with Gasteiger partial charge in [-0.05, 0) is 54.4 Å². The summed E-state index contributed by atoms with van der Waals surface area (Å²) in [4.78, 5) is 0. The van der Waals surface area contributed by atoms with Gasteiger partial charge in [0.25, 0.3) is 0 Å². The minimum atomic E-state index is 0.189. The first-order valence-electron chi connectivity index (χ1n) is 7.72. The molecule has 21 heavy (non-hydrogen) atoms. The van der Waals surface area contributed by atoms with Crippen LogP contribution in [-0.2, 0) is 19.3 Å². The van der Waals surface area contributed by atoms with Crippen LogP contribution in [0.25, 0.3) is 0 Å². The number of fused-ring (bicyclic) bond motifs is 1. The Labute approximate surface area is 126 Å². The fraction of sp³-hybridized carbons (Fsp3) is 0.368. The second kappa shape index (κ2) is 6.31. The molecule has 0 bridgehead atoms. The molecule has 3 rings (SSSR count). The van der Waals surface area contributed by atoms with E-state index in [1.54, 1.807) is 7.11 Å². The lowest BCUT2D eigenvalue weighted by Gasteiger charge is -2.29. The van der Waals surface area contributed by atoms with Crippen molar-refractivity contribution in [3.05, 3.63) is 65.2 Å². The van der Waals surface area contributed by atoms with Crippen molar-refractivity contribution in [1.29, 1.82) is 0 Å². The molecule has 2 aromatic rings. The van der Waals surface area contributed by atoms with E-state index in [1.165, 1.54) is 23.1 Å². The Bertz CT molecular complexity index is 608. The Morgan fingerprint density at radius 2 is 1.81 bits per heavy atom. The molecule has 2 heteroatoms. The van der Waals surface area contributed by atoms with Crippen LogP contribution in [0.5, 0.6) is 5.75 Å². The molecule has 0 aliphatic heterocycles. The summed E-state index contributed by atoms with van der Waals surface area (Å²) in [5.74, 6) is 1.51. The first-order valence-corrected chi connectivity index (χ1v) is 7.72. The smallest absolute Gasteiger partial charge is 0.122 e. The second-order valence-corrected chi connectivity index (χ2v) is 5.95. The van der Waals surface area contributed by atoms with Crippen LogP contribution in [0.3, 0.4) is 0 Å². The lowest BCUT2D eigenvalue weighted by atomic mass is 9.78. The average molecular weight is 281 g/mol. The Kier molecular flexibility index (Phi) is 4.26. The van der Waals surface area contributed by atoms with E-state index in [2.05, 4.69) is 36.4 Å². The highest BCUT2D eigenvalue weighted by atomic mass is 16.5. The molecule has 110 valence electrons. The van der Waals surface area contributed by atoms with Crippen LogP contribution in [0.1, 0.15) is 23.1 Å². The number of rotatable bonds is 4. The summed E-state index contributed by atoms with van der Waals surface area (Å²) in [5.41, 5.74) is 10.7. The maximum absolute atomic E-state index is 6.51. The van der Waals surface area contributed by atoms with E-state index in [1.807, 2.05) is 12.1 Å². The van der Waals surface area contributed by atoms with Crippen molar-refractivity contribution >= 4 is 0 Å². The number of ether oxygens (including phenoxy) is 1. The first kappa shape index (κ1) is 14.2. The molecule has 1 aliphatic carbocycles. The Morgan fingerprint density at radius 1 is 1.10 bits per heavy atom. The zero-order valence-electron chi connectivity index (χ0n) is 12.6. The van der Waals surface area contributed by atoms with E-state index < -0.39 is 0 Å². The van der Waals surface area contributed by atoms with Gasteiger partial charge < -0.3 is 10.5 Å². The van der Waals surface area contributed by atoms with Crippen LogP contribution in [-0.4, -0.2) is 13.2 Å². The van der Waals surface area contributed by atoms with E-state index in [0.29, 0.717) is 5.92 Å². The molecular weight excluding hydrogens is 258 g/mol. The third-order valence-corrected chi connectivity index (χ3v) is 4.64. The molecular formula is C19H23NO. The van der Waals surface area contributed by atoms with Crippen LogP contribution in [0, 0.1) is 5.92 Å². The molecule has 0 aromatic heterocycles. The van der Waals surface area contributed by atoms with Gasteiger partial charge in [-0.15, -0.1) is 0 Å². The van der Waals surface area contributed by atoms with Gasteiger partial charge in [-0.25, -0.2) is 0 Å². The monoisotopic (exact) mass is 281 g/mol. The highest BCUT2D eigenvalue weighted by molar-refractivity contribution is 5.34. The minimum absolute atomic E-state index is 0.189. The summed E-state index contributed by atoms with van der Waals surface area (Å²) in [6.07, 6.45) is 4.33. The minimum Gasteiger partial charge on any atom is -0.496 e. The quantitative estimate of drug-likeness (QED) is 0.932. The molecule has 1 aliphatic rings. The van der Waals surface area contributed by atoms with E-state index in [9.17, 15) is 0 Å². The maximum Gasteiger partial charge on any atom is 0.122 e. The molecule has 0 amide bonds. The number of para-hydroxylation sites is 1. The molecule has 0 heterocycles. The van der Waals surface area contributed by atoms with Crippen LogP contribution in [0.2, 0.25) is 0 Å². The largest absolute Gasteiger partial charge is 0.496 e. The molecule has 2 atom stereocenters. The maximum atomic E-state index is 6.51. The van der Waals surface area contributed by atoms with Gasteiger partial charge in [0.1, 0.15) is 5.75 Å². The molecule has 2 nitrogen and oxygen atoms in total. The van der Waals surface area contributed by atoms with Gasteiger partial charge in [0, 0.05) is 6.04 Å². The summed E-state index contributed by atoms with van der Waals surface area (Å²) in [5, 5.41) is 0. The summed E-state index contributed by atoms with van der Waals surface area (Å²) >= 11 is 0. The van der Waals surface area contributed by atoms with E-state index >= 15 is 0 Å². The van der Waals surface area contributed by atoms with Crippen molar-refractivity contribution in [3.8, 4) is 5.75 Å². The standard InChI is InChI=1S/C19H23NO/c1-21-19-9-5-4-8-17(19)13-18(20)16-11-10-14-6-2-3-7-15(14)12-16/h2-9,16,18H,10-13,20H2,1H3. The molecule has 0 spiro atoms. The van der Waals surface area contributed by atoms with Gasteiger partial charge in [-0.2, -0.15) is 0 Å². The SMILES string of the molecule is COc1ccccc1CC(N)C1CCc2ccccc2C1. The van der Waals surface area contributed by atoms with Crippen molar-refractivity contribution in [2.24, 2.45) is 11.7 Å². The Balaban J connectivity index is 1.71. The van der Waals surface area contributed by atoms with Crippen molar-refractivity contribution < 1.29 is 4.74 Å². The number of hydrogen-bond donors (Lipinski definition) is 1. The van der Waals surface area contributed by atoms with Crippen molar-refractivity contribution in [3.63, 3.8) is 0 Å². The highest BCUT2D eigenvalue weighted by Gasteiger charge is 2.24. The predicted molar refractivity (Wildman–Crippen MR) is 86.6 cm³/mol. The van der Waals surface area contributed by atoms with Crippen molar-refractivity contribution in [2.45, 2.75) is 31.7 Å². The molecule has 2 N–H and O–H groups in total. The lowest BCUT2D eigenvalue weighted by Crippen LogP contribution is -2.36. The van der Waals surface area contributed by atoms with Gasteiger partial charge in [0.2, 0.25) is 0 Å². The van der Waals surface area contributed by atoms with Crippen molar-refractivity contribution in [2.75, 3.05) is 7.11 Å². The number of methoxy groups -OCH3 is 1. The number of benzene rings is 2. The van der Waals surface area contributed by atoms with Gasteiger partial charge in [-0.1, -0.05) is 42.5 Å². The highest BCUT2D eigenvalue weighted by Crippen LogP contribution is 2.29. The fourth-order valence-corrected chi connectivity index (χ4v) is 3.38. The molecule has 2 unspecified atom stereocenters. The Hall–Kier alpha value is -1.80. The van der Waals surface area contributed by atoms with Gasteiger partial charge in [-0.3, -0.25) is 0 Å². The van der Waals surface area contributed by atoms with Crippen molar-refractivity contribution in [1.82, 2.24) is 0 Å².